The van der Waals surface area contributed by atoms with Crippen LogP contribution in [0.4, 0.5) is 0 Å². The third kappa shape index (κ3) is 3.76. The Kier molecular flexibility index (Phi) is 5.75. The maximum atomic E-state index is 5.53. The van der Waals surface area contributed by atoms with Crippen LogP contribution in [0.2, 0.25) is 0 Å². The van der Waals surface area contributed by atoms with Crippen LogP contribution >= 0.6 is 11.6 Å². The summed E-state index contributed by atoms with van der Waals surface area (Å²) in [6, 6.07) is 5.85. The molecule has 1 N–H and O–H groups in total. The molecule has 0 radical (unpaired) electrons. The standard InChI is InChI=1S/C12H16ClNO2/c1-14-9-10-4-5-11(15-2)12(8-10)16-7-3-6-13/h3-6,8,14H,7,9H2,1-2H3/b6-3+. The van der Waals surface area contributed by atoms with Gasteiger partial charge >= 0.3 is 0 Å². The number of halogens is 1. The fraction of sp³-hybridized carbons (Fsp3) is 0.333. The van der Waals surface area contributed by atoms with Crippen LogP contribution in [0.5, 0.6) is 11.5 Å². The monoisotopic (exact) mass is 241 g/mol. The zero-order chi connectivity index (χ0) is 11.8. The van der Waals surface area contributed by atoms with Gasteiger partial charge in [0.2, 0.25) is 0 Å². The summed E-state index contributed by atoms with van der Waals surface area (Å²) in [6.45, 7) is 1.23. The van der Waals surface area contributed by atoms with Crippen molar-refractivity contribution >= 4 is 11.6 Å². The molecule has 0 spiro atoms. The van der Waals surface area contributed by atoms with Crippen LogP contribution in [-0.2, 0) is 6.54 Å². The van der Waals surface area contributed by atoms with Crippen molar-refractivity contribution in [2.45, 2.75) is 6.54 Å². The van der Waals surface area contributed by atoms with E-state index >= 15 is 0 Å². The summed E-state index contributed by atoms with van der Waals surface area (Å²) in [5.41, 5.74) is 2.58. The minimum Gasteiger partial charge on any atom is -0.493 e. The highest BCUT2D eigenvalue weighted by Crippen LogP contribution is 2.28. The van der Waals surface area contributed by atoms with E-state index in [0.717, 1.165) is 23.6 Å². The number of ether oxygens (including phenoxy) is 2. The molecule has 88 valence electrons. The second-order valence-electron chi connectivity index (χ2n) is 3.19. The van der Waals surface area contributed by atoms with Crippen LogP contribution in [0.15, 0.2) is 29.8 Å². The quantitative estimate of drug-likeness (QED) is 0.830. The van der Waals surface area contributed by atoms with Crippen LogP contribution in [0.1, 0.15) is 5.56 Å². The number of hydrogen-bond donors (Lipinski definition) is 1. The summed E-state index contributed by atoms with van der Waals surface area (Å²) in [5.74, 6) is 1.45. The molecule has 0 aliphatic carbocycles. The first-order chi connectivity index (χ1) is 7.81. The highest BCUT2D eigenvalue weighted by molar-refractivity contribution is 6.25. The Morgan fingerprint density at radius 3 is 2.81 bits per heavy atom. The zero-order valence-electron chi connectivity index (χ0n) is 9.50. The Bertz CT molecular complexity index is 353. The summed E-state index contributed by atoms with van der Waals surface area (Å²) in [5, 5.41) is 3.08. The third-order valence-corrected chi connectivity index (χ3v) is 2.21. The zero-order valence-corrected chi connectivity index (χ0v) is 10.3. The third-order valence-electron chi connectivity index (χ3n) is 2.03. The molecule has 1 aromatic carbocycles. The van der Waals surface area contributed by atoms with E-state index in [2.05, 4.69) is 5.32 Å². The summed E-state index contributed by atoms with van der Waals surface area (Å²) >= 11 is 5.42. The Hall–Kier alpha value is -1.19. The van der Waals surface area contributed by atoms with Crippen molar-refractivity contribution in [1.82, 2.24) is 5.32 Å². The lowest BCUT2D eigenvalue weighted by Crippen LogP contribution is -2.05. The Labute approximate surface area is 101 Å². The van der Waals surface area contributed by atoms with Crippen molar-refractivity contribution in [2.24, 2.45) is 0 Å². The van der Waals surface area contributed by atoms with Crippen molar-refractivity contribution < 1.29 is 9.47 Å². The second kappa shape index (κ2) is 7.14. The van der Waals surface area contributed by atoms with Crippen LogP contribution in [-0.4, -0.2) is 20.8 Å². The molecule has 4 heteroatoms. The smallest absolute Gasteiger partial charge is 0.161 e. The Morgan fingerprint density at radius 1 is 1.38 bits per heavy atom. The molecule has 0 heterocycles. The Balaban J connectivity index is 2.79. The van der Waals surface area contributed by atoms with Crippen LogP contribution in [0.25, 0.3) is 0 Å². The number of rotatable bonds is 6. The van der Waals surface area contributed by atoms with Crippen molar-refractivity contribution in [3.8, 4) is 11.5 Å². The predicted octanol–water partition coefficient (Wildman–Crippen LogP) is 2.55. The van der Waals surface area contributed by atoms with E-state index in [1.54, 1.807) is 13.2 Å². The van der Waals surface area contributed by atoms with Gasteiger partial charge in [0, 0.05) is 12.1 Å². The number of nitrogens with one attached hydrogen (secondary N) is 1. The number of methoxy groups -OCH3 is 1. The molecule has 0 saturated carbocycles. The van der Waals surface area contributed by atoms with E-state index in [0.29, 0.717) is 6.61 Å². The van der Waals surface area contributed by atoms with Gasteiger partial charge in [-0.1, -0.05) is 17.7 Å². The Morgan fingerprint density at radius 2 is 2.19 bits per heavy atom. The van der Waals surface area contributed by atoms with Gasteiger partial charge < -0.3 is 14.8 Å². The van der Waals surface area contributed by atoms with E-state index in [4.69, 9.17) is 21.1 Å². The fourth-order valence-electron chi connectivity index (χ4n) is 1.32. The van der Waals surface area contributed by atoms with Crippen molar-refractivity contribution in [3.63, 3.8) is 0 Å². The van der Waals surface area contributed by atoms with E-state index < -0.39 is 0 Å². The lowest BCUT2D eigenvalue weighted by Gasteiger charge is -2.10. The van der Waals surface area contributed by atoms with Crippen LogP contribution in [0, 0.1) is 0 Å². The van der Waals surface area contributed by atoms with Gasteiger partial charge in [-0.15, -0.1) is 0 Å². The average Bonchev–Trinajstić information content (AvgIpc) is 2.30. The van der Waals surface area contributed by atoms with Crippen LogP contribution in [0.3, 0.4) is 0 Å². The minimum absolute atomic E-state index is 0.433. The number of benzene rings is 1. The molecular weight excluding hydrogens is 226 g/mol. The highest BCUT2D eigenvalue weighted by atomic mass is 35.5. The highest BCUT2D eigenvalue weighted by Gasteiger charge is 2.04. The van der Waals surface area contributed by atoms with E-state index in [1.807, 2.05) is 25.2 Å². The van der Waals surface area contributed by atoms with Gasteiger partial charge in [-0.05, 0) is 30.8 Å². The fourth-order valence-corrected chi connectivity index (χ4v) is 1.39. The molecule has 0 fully saturated rings. The largest absolute Gasteiger partial charge is 0.493 e. The molecule has 0 aliphatic heterocycles. The second-order valence-corrected chi connectivity index (χ2v) is 3.44. The predicted molar refractivity (Wildman–Crippen MR) is 66.2 cm³/mol. The molecular formula is C12H16ClNO2. The van der Waals surface area contributed by atoms with Crippen LogP contribution < -0.4 is 14.8 Å². The van der Waals surface area contributed by atoms with Gasteiger partial charge in [-0.25, -0.2) is 0 Å². The van der Waals surface area contributed by atoms with Crippen molar-refractivity contribution in [1.29, 1.82) is 0 Å². The molecule has 0 amide bonds. The molecule has 16 heavy (non-hydrogen) atoms. The maximum absolute atomic E-state index is 5.53. The van der Waals surface area contributed by atoms with E-state index in [9.17, 15) is 0 Å². The molecule has 0 atom stereocenters. The SMILES string of the molecule is CNCc1ccc(OC)c(OC/C=C/Cl)c1. The molecule has 0 aliphatic rings. The van der Waals surface area contributed by atoms with Gasteiger partial charge in [0.15, 0.2) is 11.5 Å². The van der Waals surface area contributed by atoms with E-state index in [-0.39, 0.29) is 0 Å². The minimum atomic E-state index is 0.433. The maximum Gasteiger partial charge on any atom is 0.161 e. The summed E-state index contributed by atoms with van der Waals surface area (Å²) in [4.78, 5) is 0. The molecule has 3 nitrogen and oxygen atoms in total. The first-order valence-corrected chi connectivity index (χ1v) is 5.45. The summed E-state index contributed by atoms with van der Waals surface area (Å²) in [6.07, 6.45) is 1.73. The summed E-state index contributed by atoms with van der Waals surface area (Å²) in [7, 11) is 3.53. The topological polar surface area (TPSA) is 30.5 Å². The lowest BCUT2D eigenvalue weighted by molar-refractivity contribution is 0.326. The first kappa shape index (κ1) is 12.9. The van der Waals surface area contributed by atoms with Crippen molar-refractivity contribution in [2.75, 3.05) is 20.8 Å². The van der Waals surface area contributed by atoms with Gasteiger partial charge in [-0.3, -0.25) is 0 Å². The normalized spacial score (nSPS) is 10.7. The van der Waals surface area contributed by atoms with Gasteiger partial charge in [0.25, 0.3) is 0 Å². The first-order valence-electron chi connectivity index (χ1n) is 5.01. The van der Waals surface area contributed by atoms with Crippen molar-refractivity contribution in [3.05, 3.63) is 35.4 Å². The summed E-state index contributed by atoms with van der Waals surface area (Å²) < 4.78 is 10.7. The molecule has 0 unspecified atom stereocenters. The average molecular weight is 242 g/mol. The molecule has 0 bridgehead atoms. The molecule has 0 saturated heterocycles. The molecule has 0 aromatic heterocycles. The van der Waals surface area contributed by atoms with Gasteiger partial charge in [0.1, 0.15) is 6.61 Å². The lowest BCUT2D eigenvalue weighted by atomic mass is 10.2. The number of hydrogen-bond acceptors (Lipinski definition) is 3. The van der Waals surface area contributed by atoms with Gasteiger partial charge in [-0.2, -0.15) is 0 Å². The van der Waals surface area contributed by atoms with E-state index in [1.165, 1.54) is 5.54 Å². The molecule has 1 rings (SSSR count). The molecule has 1 aromatic rings. The van der Waals surface area contributed by atoms with Gasteiger partial charge in [0.05, 0.1) is 7.11 Å².